The van der Waals surface area contributed by atoms with Crippen molar-refractivity contribution < 1.29 is 23.1 Å². The average Bonchev–Trinajstić information content (AvgIpc) is 2.37. The summed E-state index contributed by atoms with van der Waals surface area (Å²) in [7, 11) is 0. The van der Waals surface area contributed by atoms with Gasteiger partial charge < -0.3 is 10.4 Å². The summed E-state index contributed by atoms with van der Waals surface area (Å²) in [6.07, 6.45) is 0. The number of aliphatic carboxylic acids is 1. The van der Waals surface area contributed by atoms with Crippen molar-refractivity contribution >= 4 is 39.9 Å². The number of rotatable bonds is 2. The molecule has 2 rings (SSSR count). The Kier molecular flexibility index (Phi) is 6.47. The molecular weight excluding hydrogens is 398 g/mol. The predicted molar refractivity (Wildman–Crippen MR) is 82.1 cm³/mol. The number of hydrogen-bond acceptors (Lipinski definition) is 2. The third-order valence-corrected chi connectivity index (χ3v) is 2.82. The maximum absolute atomic E-state index is 13.5. The van der Waals surface area contributed by atoms with Gasteiger partial charge in [-0.1, -0.05) is 6.07 Å². The number of benzene rings is 2. The third-order valence-electron chi connectivity index (χ3n) is 2.15. The van der Waals surface area contributed by atoms with Crippen molar-refractivity contribution in [3.05, 3.63) is 57.4 Å². The molecule has 0 saturated heterocycles. The molecular formula is C14H11F3INO2. The largest absolute Gasteiger partial charge is 0.481 e. The lowest BCUT2D eigenvalue weighted by Gasteiger charge is -2.09. The molecule has 2 aromatic carbocycles. The zero-order chi connectivity index (χ0) is 16.0. The normalized spacial score (nSPS) is 9.57. The van der Waals surface area contributed by atoms with Crippen LogP contribution >= 0.6 is 22.6 Å². The van der Waals surface area contributed by atoms with Crippen LogP contribution in [0.25, 0.3) is 0 Å². The van der Waals surface area contributed by atoms with Crippen LogP contribution in [0.4, 0.5) is 24.5 Å². The SMILES string of the molecule is CC(=O)O.Fc1cc(I)ccc1Nc1cccc(F)c1F. The van der Waals surface area contributed by atoms with Crippen molar-refractivity contribution in [2.24, 2.45) is 0 Å². The summed E-state index contributed by atoms with van der Waals surface area (Å²) >= 11 is 1.96. The van der Waals surface area contributed by atoms with Crippen molar-refractivity contribution in [3.63, 3.8) is 0 Å². The quantitative estimate of drug-likeness (QED) is 0.717. The maximum atomic E-state index is 13.5. The van der Waals surface area contributed by atoms with Gasteiger partial charge in [-0.15, -0.1) is 0 Å². The molecule has 2 aromatic rings. The summed E-state index contributed by atoms with van der Waals surface area (Å²) in [5.41, 5.74) is 0.0139. The van der Waals surface area contributed by atoms with Crippen LogP contribution in [0, 0.1) is 21.0 Å². The van der Waals surface area contributed by atoms with E-state index < -0.39 is 23.4 Å². The molecule has 112 valence electrons. The molecule has 0 heterocycles. The fourth-order valence-electron chi connectivity index (χ4n) is 1.34. The monoisotopic (exact) mass is 409 g/mol. The van der Waals surface area contributed by atoms with Crippen LogP contribution in [-0.2, 0) is 4.79 Å². The van der Waals surface area contributed by atoms with Gasteiger partial charge in [-0.25, -0.2) is 13.2 Å². The molecule has 0 fully saturated rings. The van der Waals surface area contributed by atoms with E-state index in [1.165, 1.54) is 24.3 Å². The molecule has 3 nitrogen and oxygen atoms in total. The zero-order valence-electron chi connectivity index (χ0n) is 10.8. The molecule has 0 saturated carbocycles. The Morgan fingerprint density at radius 3 is 2.29 bits per heavy atom. The van der Waals surface area contributed by atoms with Crippen molar-refractivity contribution in [1.82, 2.24) is 0 Å². The fourth-order valence-corrected chi connectivity index (χ4v) is 1.79. The molecule has 0 aliphatic carbocycles. The molecule has 7 heteroatoms. The van der Waals surface area contributed by atoms with Gasteiger partial charge in [-0.05, 0) is 52.9 Å². The lowest BCUT2D eigenvalue weighted by molar-refractivity contribution is -0.134. The summed E-state index contributed by atoms with van der Waals surface area (Å²) in [6, 6.07) is 8.15. The Balaban J connectivity index is 0.000000491. The molecule has 0 aromatic heterocycles. The Bertz CT molecular complexity index is 646. The molecule has 0 radical (unpaired) electrons. The van der Waals surface area contributed by atoms with Crippen LogP contribution in [0.1, 0.15) is 6.92 Å². The highest BCUT2D eigenvalue weighted by molar-refractivity contribution is 14.1. The second kappa shape index (κ2) is 7.87. The highest BCUT2D eigenvalue weighted by Gasteiger charge is 2.09. The standard InChI is InChI=1S/C12H7F3IN.C2H4O2/c13-8-2-1-3-11(12(8)15)17-10-5-4-7(16)6-9(10)14;1-2(3)4/h1-6,17H;1H3,(H,3,4). The summed E-state index contributed by atoms with van der Waals surface area (Å²) in [4.78, 5) is 9.00. The van der Waals surface area contributed by atoms with Crippen molar-refractivity contribution in [3.8, 4) is 0 Å². The number of carboxylic acid groups (broad SMARTS) is 1. The van der Waals surface area contributed by atoms with E-state index in [-0.39, 0.29) is 11.4 Å². The summed E-state index contributed by atoms with van der Waals surface area (Å²) < 4.78 is 40.5. The Morgan fingerprint density at radius 2 is 1.71 bits per heavy atom. The predicted octanol–water partition coefficient (Wildman–Crippen LogP) is 4.54. The molecule has 0 spiro atoms. The first kappa shape index (κ1) is 17.3. The van der Waals surface area contributed by atoms with Crippen molar-refractivity contribution in [2.75, 3.05) is 5.32 Å². The minimum Gasteiger partial charge on any atom is -0.481 e. The van der Waals surface area contributed by atoms with Gasteiger partial charge in [0.05, 0.1) is 11.4 Å². The number of anilines is 2. The van der Waals surface area contributed by atoms with E-state index in [1.54, 1.807) is 6.07 Å². The maximum Gasteiger partial charge on any atom is 0.300 e. The highest BCUT2D eigenvalue weighted by Crippen LogP contribution is 2.24. The van der Waals surface area contributed by atoms with Gasteiger partial charge in [0.1, 0.15) is 5.82 Å². The van der Waals surface area contributed by atoms with Gasteiger partial charge >= 0.3 is 0 Å². The Labute approximate surface area is 132 Å². The van der Waals surface area contributed by atoms with Crippen LogP contribution in [-0.4, -0.2) is 11.1 Å². The van der Waals surface area contributed by atoms with Gasteiger partial charge in [0.2, 0.25) is 0 Å². The fraction of sp³-hybridized carbons (Fsp3) is 0.0714. The zero-order valence-corrected chi connectivity index (χ0v) is 13.0. The van der Waals surface area contributed by atoms with Crippen LogP contribution in [0.2, 0.25) is 0 Å². The smallest absolute Gasteiger partial charge is 0.300 e. The number of carboxylic acids is 1. The van der Waals surface area contributed by atoms with E-state index in [0.717, 1.165) is 16.6 Å². The molecule has 0 bridgehead atoms. The molecule has 0 aliphatic rings. The topological polar surface area (TPSA) is 49.3 Å². The lowest BCUT2D eigenvalue weighted by atomic mass is 10.2. The van der Waals surface area contributed by atoms with Gasteiger partial charge in [-0.3, -0.25) is 4.79 Å². The van der Waals surface area contributed by atoms with E-state index in [4.69, 9.17) is 9.90 Å². The first-order chi connectivity index (χ1) is 9.81. The molecule has 0 atom stereocenters. The van der Waals surface area contributed by atoms with E-state index in [0.29, 0.717) is 0 Å². The van der Waals surface area contributed by atoms with Gasteiger partial charge in [0.25, 0.3) is 5.97 Å². The highest BCUT2D eigenvalue weighted by atomic mass is 127. The molecule has 0 aliphatic heterocycles. The minimum absolute atomic E-state index is 0.0925. The number of halogens is 4. The van der Waals surface area contributed by atoms with Gasteiger partial charge in [0, 0.05) is 10.5 Å². The van der Waals surface area contributed by atoms with Crippen molar-refractivity contribution in [1.29, 1.82) is 0 Å². The summed E-state index contributed by atoms with van der Waals surface area (Å²) in [5, 5.41) is 9.93. The van der Waals surface area contributed by atoms with Gasteiger partial charge in [0.15, 0.2) is 11.6 Å². The van der Waals surface area contributed by atoms with E-state index in [2.05, 4.69) is 5.32 Å². The number of nitrogens with one attached hydrogen (secondary N) is 1. The number of carbonyl (C=O) groups is 1. The van der Waals surface area contributed by atoms with Crippen LogP contribution < -0.4 is 5.32 Å². The second-order valence-corrected chi connectivity index (χ2v) is 5.12. The molecule has 0 amide bonds. The number of hydrogen-bond donors (Lipinski definition) is 2. The third kappa shape index (κ3) is 5.62. The first-order valence-electron chi connectivity index (χ1n) is 5.67. The van der Waals surface area contributed by atoms with E-state index >= 15 is 0 Å². The van der Waals surface area contributed by atoms with E-state index in [1.807, 2.05) is 22.6 Å². The summed E-state index contributed by atoms with van der Waals surface area (Å²) in [5.74, 6) is -3.34. The average molecular weight is 409 g/mol. The van der Waals surface area contributed by atoms with Crippen molar-refractivity contribution in [2.45, 2.75) is 6.92 Å². The van der Waals surface area contributed by atoms with Crippen LogP contribution in [0.15, 0.2) is 36.4 Å². The van der Waals surface area contributed by atoms with E-state index in [9.17, 15) is 13.2 Å². The molecule has 0 unspecified atom stereocenters. The van der Waals surface area contributed by atoms with Crippen LogP contribution in [0.3, 0.4) is 0 Å². The van der Waals surface area contributed by atoms with Gasteiger partial charge in [-0.2, -0.15) is 0 Å². The minimum atomic E-state index is -1.02. The Hall–Kier alpha value is -1.77. The lowest BCUT2D eigenvalue weighted by Crippen LogP contribution is -1.98. The van der Waals surface area contributed by atoms with Crippen LogP contribution in [0.5, 0.6) is 0 Å². The second-order valence-electron chi connectivity index (χ2n) is 3.87. The molecule has 21 heavy (non-hydrogen) atoms. The summed E-state index contributed by atoms with van der Waals surface area (Å²) in [6.45, 7) is 1.08. The Morgan fingerprint density at radius 1 is 1.10 bits per heavy atom. The first-order valence-corrected chi connectivity index (χ1v) is 6.74. The molecule has 2 N–H and O–H groups in total.